The maximum Gasteiger partial charge on any atom is 0.224 e. The zero-order chi connectivity index (χ0) is 28.9. The number of rotatable bonds is 8. The highest BCUT2D eigenvalue weighted by molar-refractivity contribution is 6.01. The van der Waals surface area contributed by atoms with Gasteiger partial charge >= 0.3 is 0 Å². The van der Waals surface area contributed by atoms with E-state index in [0.717, 1.165) is 61.7 Å². The fourth-order valence-corrected chi connectivity index (χ4v) is 10.6. The van der Waals surface area contributed by atoms with Crippen LogP contribution in [-0.2, 0) is 16.1 Å². The molecule has 1 aromatic heterocycles. The van der Waals surface area contributed by atoms with E-state index in [1.165, 1.54) is 19.3 Å². The molecule has 1 amide bonds. The number of methoxy groups -OCH3 is 1. The Morgan fingerprint density at radius 3 is 2.73 bits per heavy atom. The summed E-state index contributed by atoms with van der Waals surface area (Å²) >= 11 is 0. The van der Waals surface area contributed by atoms with E-state index >= 15 is 0 Å². The standard InChI is InChI=1S/C35H52N2O4/c1-22(8-13-33(40)36-30-6-5-7-31-26(30)15-17-37(31)18-19-41-4)27-11-12-28-25-10-9-23-20-24(38)14-16-34(23,2)29(25)21-32(39)35(27,28)3/h5-7,15,17,22-25,27-29,32,38-39H,8-14,16,18-21H2,1-4H3,(H,36,40). The number of fused-ring (bicyclic) bond motifs is 6. The number of carbonyl (C=O) groups is 1. The summed E-state index contributed by atoms with van der Waals surface area (Å²) in [4.78, 5) is 13.2. The van der Waals surface area contributed by atoms with E-state index in [-0.39, 0.29) is 28.9 Å². The normalized spacial score (nSPS) is 39.1. The molecule has 4 saturated carbocycles. The van der Waals surface area contributed by atoms with Crippen molar-refractivity contribution in [2.45, 2.75) is 104 Å². The molecule has 2 aromatic rings. The number of hydrogen-bond acceptors (Lipinski definition) is 4. The van der Waals surface area contributed by atoms with Gasteiger partial charge in [-0.1, -0.05) is 26.8 Å². The van der Waals surface area contributed by atoms with Crippen molar-refractivity contribution in [1.82, 2.24) is 4.57 Å². The Hall–Kier alpha value is -1.89. The summed E-state index contributed by atoms with van der Waals surface area (Å²) in [6.45, 7) is 8.63. The van der Waals surface area contributed by atoms with Crippen molar-refractivity contribution in [2.75, 3.05) is 19.0 Å². The maximum absolute atomic E-state index is 13.2. The lowest BCUT2D eigenvalue weighted by Gasteiger charge is -2.62. The SMILES string of the molecule is COCCn1ccc2c(NC(=O)CCC(C)C3CCC4C5CCC6CC(O)CCC6(C)C5CC(O)C34C)cccc21. The molecule has 0 aliphatic heterocycles. The molecular formula is C35H52N2O4. The van der Waals surface area contributed by atoms with E-state index in [2.05, 4.69) is 49.0 Å². The van der Waals surface area contributed by atoms with E-state index in [1.807, 2.05) is 12.1 Å². The predicted molar refractivity (Wildman–Crippen MR) is 163 cm³/mol. The van der Waals surface area contributed by atoms with Gasteiger partial charge in [-0.15, -0.1) is 0 Å². The fourth-order valence-electron chi connectivity index (χ4n) is 10.6. The summed E-state index contributed by atoms with van der Waals surface area (Å²) in [5.41, 5.74) is 2.18. The number of hydrogen-bond donors (Lipinski definition) is 3. The van der Waals surface area contributed by atoms with Crippen LogP contribution in [0.25, 0.3) is 10.9 Å². The van der Waals surface area contributed by atoms with Crippen molar-refractivity contribution in [1.29, 1.82) is 0 Å². The first kappa shape index (κ1) is 29.2. The molecular weight excluding hydrogens is 512 g/mol. The second kappa shape index (κ2) is 11.3. The van der Waals surface area contributed by atoms with E-state index in [1.54, 1.807) is 7.11 Å². The lowest BCUT2D eigenvalue weighted by Crippen LogP contribution is -2.58. The second-order valence-electron chi connectivity index (χ2n) is 14.7. The number of aromatic nitrogens is 1. The van der Waals surface area contributed by atoms with Crippen LogP contribution in [0.1, 0.15) is 85.0 Å². The van der Waals surface area contributed by atoms with Crippen molar-refractivity contribution >= 4 is 22.5 Å². The summed E-state index contributed by atoms with van der Waals surface area (Å²) in [6, 6.07) is 8.16. The zero-order valence-corrected chi connectivity index (χ0v) is 25.6. The lowest BCUT2D eigenvalue weighted by atomic mass is 9.43. The van der Waals surface area contributed by atoms with Crippen molar-refractivity contribution in [3.8, 4) is 0 Å². The quantitative estimate of drug-likeness (QED) is 0.336. The van der Waals surface area contributed by atoms with Crippen LogP contribution in [0.4, 0.5) is 5.69 Å². The van der Waals surface area contributed by atoms with Crippen molar-refractivity contribution in [3.63, 3.8) is 0 Å². The molecule has 6 rings (SSSR count). The van der Waals surface area contributed by atoms with Crippen molar-refractivity contribution in [2.24, 2.45) is 46.3 Å². The molecule has 1 aromatic carbocycles. The smallest absolute Gasteiger partial charge is 0.224 e. The third-order valence-electron chi connectivity index (χ3n) is 13.0. The maximum atomic E-state index is 13.2. The van der Waals surface area contributed by atoms with E-state index in [9.17, 15) is 15.0 Å². The number of carbonyl (C=O) groups excluding carboxylic acids is 1. The minimum absolute atomic E-state index is 0.0643. The highest BCUT2D eigenvalue weighted by Gasteiger charge is 2.63. The average Bonchev–Trinajstić information content (AvgIpc) is 3.54. The lowest BCUT2D eigenvalue weighted by molar-refractivity contribution is -0.174. The fraction of sp³-hybridized carbons (Fsp3) is 0.743. The molecule has 3 N–H and O–H groups in total. The number of aliphatic hydroxyl groups excluding tert-OH is 2. The summed E-state index contributed by atoms with van der Waals surface area (Å²) in [5, 5.41) is 26.5. The largest absolute Gasteiger partial charge is 0.393 e. The molecule has 6 nitrogen and oxygen atoms in total. The van der Waals surface area contributed by atoms with Gasteiger partial charge in [0.1, 0.15) is 0 Å². The van der Waals surface area contributed by atoms with Crippen LogP contribution in [0, 0.1) is 46.3 Å². The number of aliphatic hydroxyl groups is 2. The van der Waals surface area contributed by atoms with Gasteiger partial charge in [-0.25, -0.2) is 0 Å². The Morgan fingerprint density at radius 2 is 1.93 bits per heavy atom. The van der Waals surface area contributed by atoms with Crippen LogP contribution >= 0.6 is 0 Å². The van der Waals surface area contributed by atoms with E-state index < -0.39 is 0 Å². The van der Waals surface area contributed by atoms with Gasteiger partial charge in [0, 0.05) is 31.7 Å². The molecule has 4 aliphatic carbocycles. The van der Waals surface area contributed by atoms with E-state index in [4.69, 9.17) is 4.74 Å². The van der Waals surface area contributed by atoms with Crippen LogP contribution in [0.2, 0.25) is 0 Å². The first-order valence-corrected chi connectivity index (χ1v) is 16.4. The highest BCUT2D eigenvalue weighted by atomic mass is 16.5. The number of ether oxygens (including phenoxy) is 1. The van der Waals surface area contributed by atoms with Gasteiger partial charge < -0.3 is 24.8 Å². The third kappa shape index (κ3) is 4.96. The van der Waals surface area contributed by atoms with Crippen LogP contribution in [0.3, 0.4) is 0 Å². The molecule has 6 heteroatoms. The molecule has 10 unspecified atom stereocenters. The van der Waals surface area contributed by atoms with Gasteiger partial charge in [0.2, 0.25) is 5.91 Å². The average molecular weight is 565 g/mol. The zero-order valence-electron chi connectivity index (χ0n) is 25.6. The van der Waals surface area contributed by atoms with Crippen LogP contribution in [-0.4, -0.2) is 46.6 Å². The summed E-state index contributed by atoms with van der Waals surface area (Å²) in [5.74, 6) is 3.36. The topological polar surface area (TPSA) is 83.7 Å². The summed E-state index contributed by atoms with van der Waals surface area (Å²) in [7, 11) is 1.71. The molecule has 0 saturated heterocycles. The predicted octanol–water partition coefficient (Wildman–Crippen LogP) is 6.63. The van der Waals surface area contributed by atoms with Crippen molar-refractivity contribution < 1.29 is 19.7 Å². The van der Waals surface area contributed by atoms with Gasteiger partial charge in [-0.3, -0.25) is 4.79 Å². The summed E-state index contributed by atoms with van der Waals surface area (Å²) < 4.78 is 7.41. The molecule has 0 radical (unpaired) electrons. The van der Waals surface area contributed by atoms with Gasteiger partial charge in [0.05, 0.1) is 30.0 Å². The van der Waals surface area contributed by atoms with Crippen LogP contribution in [0.5, 0.6) is 0 Å². The highest BCUT2D eigenvalue weighted by Crippen LogP contribution is 2.68. The number of benzene rings is 1. The number of amides is 1. The van der Waals surface area contributed by atoms with Gasteiger partial charge in [-0.2, -0.15) is 0 Å². The first-order chi connectivity index (χ1) is 19.7. The molecule has 4 fully saturated rings. The van der Waals surface area contributed by atoms with Crippen LogP contribution in [0.15, 0.2) is 30.5 Å². The number of nitrogens with zero attached hydrogens (tertiary/aromatic N) is 1. The molecule has 0 spiro atoms. The molecule has 1 heterocycles. The second-order valence-corrected chi connectivity index (χ2v) is 14.7. The molecule has 4 aliphatic rings. The molecule has 226 valence electrons. The molecule has 41 heavy (non-hydrogen) atoms. The Balaban J connectivity index is 1.10. The van der Waals surface area contributed by atoms with Gasteiger partial charge in [-0.05, 0) is 122 Å². The molecule has 10 atom stereocenters. The number of nitrogens with one attached hydrogen (secondary N) is 1. The Bertz CT molecular complexity index is 1240. The monoisotopic (exact) mass is 564 g/mol. The Kier molecular flexibility index (Phi) is 8.06. The van der Waals surface area contributed by atoms with Gasteiger partial charge in [0.15, 0.2) is 0 Å². The minimum Gasteiger partial charge on any atom is -0.393 e. The first-order valence-electron chi connectivity index (χ1n) is 16.4. The summed E-state index contributed by atoms with van der Waals surface area (Å²) in [6.07, 6.45) is 11.8. The Labute approximate surface area is 246 Å². The number of anilines is 1. The molecule has 0 bridgehead atoms. The van der Waals surface area contributed by atoms with Crippen LogP contribution < -0.4 is 5.32 Å². The van der Waals surface area contributed by atoms with Crippen molar-refractivity contribution in [3.05, 3.63) is 30.5 Å². The van der Waals surface area contributed by atoms with E-state index in [0.29, 0.717) is 48.5 Å². The third-order valence-corrected chi connectivity index (χ3v) is 13.0. The van der Waals surface area contributed by atoms with Gasteiger partial charge in [0.25, 0.3) is 0 Å². The Morgan fingerprint density at radius 1 is 1.10 bits per heavy atom. The minimum atomic E-state index is -0.278.